The zero-order valence-electron chi connectivity index (χ0n) is 15.5. The van der Waals surface area contributed by atoms with E-state index in [0.29, 0.717) is 18.1 Å². The summed E-state index contributed by atoms with van der Waals surface area (Å²) in [6.07, 6.45) is 0. The van der Waals surface area contributed by atoms with Gasteiger partial charge in [0.05, 0.1) is 19.3 Å². The van der Waals surface area contributed by atoms with Crippen LogP contribution in [0.2, 0.25) is 0 Å². The first kappa shape index (κ1) is 19.0. The highest BCUT2D eigenvalue weighted by Crippen LogP contribution is 2.28. The largest absolute Gasteiger partial charge is 0.507 e. The molecule has 0 aromatic heterocycles. The van der Waals surface area contributed by atoms with Gasteiger partial charge in [-0.3, -0.25) is 20.4 Å². The van der Waals surface area contributed by atoms with Crippen molar-refractivity contribution >= 4 is 22.6 Å². The minimum absolute atomic E-state index is 0.0586. The smallest absolute Gasteiger partial charge is 0.273 e. The first-order valence-electron chi connectivity index (χ1n) is 8.66. The second-order valence-corrected chi connectivity index (χ2v) is 5.92. The van der Waals surface area contributed by atoms with E-state index < -0.39 is 11.8 Å². The maximum Gasteiger partial charge on any atom is 0.273 e. The van der Waals surface area contributed by atoms with E-state index in [0.717, 1.165) is 10.8 Å². The van der Waals surface area contributed by atoms with E-state index in [1.807, 2.05) is 31.2 Å². The number of phenolic OH excluding ortho intramolecular Hbond substituents is 1. The normalized spacial score (nSPS) is 10.4. The molecule has 3 N–H and O–H groups in total. The molecule has 0 atom stereocenters. The van der Waals surface area contributed by atoms with Crippen molar-refractivity contribution in [2.24, 2.45) is 0 Å². The third-order valence-corrected chi connectivity index (χ3v) is 4.12. The zero-order valence-corrected chi connectivity index (χ0v) is 15.5. The van der Waals surface area contributed by atoms with Gasteiger partial charge in [0, 0.05) is 5.56 Å². The Labute approximate surface area is 161 Å². The molecule has 0 saturated carbocycles. The van der Waals surface area contributed by atoms with Crippen LogP contribution in [0.15, 0.2) is 54.6 Å². The SMILES string of the molecule is CCOc1ccc(C(=O)NNC(=O)c2cc3ccccc3cc2O)cc1OC. The Bertz CT molecular complexity index is 1030. The van der Waals surface area contributed by atoms with Crippen molar-refractivity contribution in [2.45, 2.75) is 6.92 Å². The van der Waals surface area contributed by atoms with Gasteiger partial charge in [-0.2, -0.15) is 0 Å². The number of hydrogen-bond donors (Lipinski definition) is 3. The molecular weight excluding hydrogens is 360 g/mol. The molecule has 0 fully saturated rings. The van der Waals surface area contributed by atoms with Gasteiger partial charge < -0.3 is 14.6 Å². The van der Waals surface area contributed by atoms with Crippen molar-refractivity contribution < 1.29 is 24.2 Å². The predicted molar refractivity (Wildman–Crippen MR) is 105 cm³/mol. The fourth-order valence-electron chi connectivity index (χ4n) is 2.75. The number of rotatable bonds is 5. The summed E-state index contributed by atoms with van der Waals surface area (Å²) in [4.78, 5) is 24.7. The number of hydrogen-bond acceptors (Lipinski definition) is 5. The lowest BCUT2D eigenvalue weighted by Gasteiger charge is -2.12. The summed E-state index contributed by atoms with van der Waals surface area (Å²) in [6.45, 7) is 2.31. The van der Waals surface area contributed by atoms with Crippen LogP contribution in [0.1, 0.15) is 27.6 Å². The lowest BCUT2D eigenvalue weighted by atomic mass is 10.1. The first-order valence-corrected chi connectivity index (χ1v) is 8.66. The average molecular weight is 380 g/mol. The molecule has 0 aliphatic rings. The summed E-state index contributed by atoms with van der Waals surface area (Å²) in [7, 11) is 1.48. The van der Waals surface area contributed by atoms with E-state index in [-0.39, 0.29) is 16.9 Å². The molecule has 3 aromatic carbocycles. The second kappa shape index (κ2) is 8.30. The molecule has 0 saturated heterocycles. The zero-order chi connectivity index (χ0) is 20.1. The molecular formula is C21H20N2O5. The van der Waals surface area contributed by atoms with Gasteiger partial charge >= 0.3 is 0 Å². The van der Waals surface area contributed by atoms with Crippen LogP contribution in [-0.2, 0) is 0 Å². The third-order valence-electron chi connectivity index (χ3n) is 4.12. The second-order valence-electron chi connectivity index (χ2n) is 5.92. The van der Waals surface area contributed by atoms with Crippen LogP contribution in [-0.4, -0.2) is 30.6 Å². The number of aromatic hydroxyl groups is 1. The quantitative estimate of drug-likeness (QED) is 0.591. The van der Waals surface area contributed by atoms with Crippen molar-refractivity contribution in [3.8, 4) is 17.2 Å². The number of carbonyl (C=O) groups is 2. The molecule has 7 heteroatoms. The van der Waals surface area contributed by atoms with Gasteiger partial charge in [-0.1, -0.05) is 24.3 Å². The lowest BCUT2D eigenvalue weighted by molar-refractivity contribution is 0.0845. The van der Waals surface area contributed by atoms with E-state index in [4.69, 9.17) is 9.47 Å². The van der Waals surface area contributed by atoms with Gasteiger partial charge in [0.1, 0.15) is 5.75 Å². The van der Waals surface area contributed by atoms with Gasteiger partial charge in [-0.05, 0) is 48.0 Å². The minimum atomic E-state index is -0.630. The van der Waals surface area contributed by atoms with Crippen molar-refractivity contribution in [3.63, 3.8) is 0 Å². The van der Waals surface area contributed by atoms with Gasteiger partial charge in [-0.25, -0.2) is 0 Å². The maximum atomic E-state index is 12.4. The summed E-state index contributed by atoms with van der Waals surface area (Å²) < 4.78 is 10.6. The fourth-order valence-corrected chi connectivity index (χ4v) is 2.75. The fraction of sp³-hybridized carbons (Fsp3) is 0.143. The predicted octanol–water partition coefficient (Wildman–Crippen LogP) is 3.03. The molecule has 0 unspecified atom stereocenters. The molecule has 3 rings (SSSR count). The molecule has 144 valence electrons. The Morgan fingerprint density at radius 3 is 2.29 bits per heavy atom. The van der Waals surface area contributed by atoms with Crippen LogP contribution < -0.4 is 20.3 Å². The highest BCUT2D eigenvalue weighted by atomic mass is 16.5. The number of ether oxygens (including phenoxy) is 2. The van der Waals surface area contributed by atoms with Crippen LogP contribution in [0.3, 0.4) is 0 Å². The molecule has 28 heavy (non-hydrogen) atoms. The Kier molecular flexibility index (Phi) is 5.64. The molecule has 0 radical (unpaired) electrons. The minimum Gasteiger partial charge on any atom is -0.507 e. The highest BCUT2D eigenvalue weighted by Gasteiger charge is 2.15. The molecule has 0 aliphatic heterocycles. The summed E-state index contributed by atoms with van der Waals surface area (Å²) in [5.41, 5.74) is 4.98. The van der Waals surface area contributed by atoms with E-state index in [2.05, 4.69) is 10.9 Å². The van der Waals surface area contributed by atoms with Crippen molar-refractivity contribution in [1.29, 1.82) is 0 Å². The third kappa shape index (κ3) is 3.98. The Hall–Kier alpha value is -3.74. The number of fused-ring (bicyclic) bond motifs is 1. The van der Waals surface area contributed by atoms with Crippen molar-refractivity contribution in [3.05, 3.63) is 65.7 Å². The highest BCUT2D eigenvalue weighted by molar-refractivity contribution is 6.03. The van der Waals surface area contributed by atoms with E-state index >= 15 is 0 Å². The summed E-state index contributed by atoms with van der Waals surface area (Å²) in [6, 6.07) is 15.1. The van der Waals surface area contributed by atoms with Crippen LogP contribution in [0.4, 0.5) is 0 Å². The molecule has 7 nitrogen and oxygen atoms in total. The number of nitrogens with one attached hydrogen (secondary N) is 2. The number of carbonyl (C=O) groups excluding carboxylic acids is 2. The van der Waals surface area contributed by atoms with Crippen molar-refractivity contribution in [2.75, 3.05) is 13.7 Å². The number of phenols is 1. The molecule has 2 amide bonds. The van der Waals surface area contributed by atoms with E-state index in [1.54, 1.807) is 18.2 Å². The van der Waals surface area contributed by atoms with Crippen molar-refractivity contribution in [1.82, 2.24) is 10.9 Å². The Morgan fingerprint density at radius 2 is 1.61 bits per heavy atom. The van der Waals surface area contributed by atoms with Gasteiger partial charge in [0.25, 0.3) is 11.8 Å². The standard InChI is InChI=1S/C21H20N2O5/c1-3-28-18-9-8-15(12-19(18)27-2)20(25)22-23-21(26)16-10-13-6-4-5-7-14(13)11-17(16)24/h4-12,24H,3H2,1-2H3,(H,22,25)(H,23,26). The Morgan fingerprint density at radius 1 is 0.929 bits per heavy atom. The first-order chi connectivity index (χ1) is 13.5. The van der Waals surface area contributed by atoms with E-state index in [9.17, 15) is 14.7 Å². The average Bonchev–Trinajstić information content (AvgIpc) is 2.71. The lowest BCUT2D eigenvalue weighted by Crippen LogP contribution is -2.41. The number of hydrazine groups is 1. The molecule has 0 bridgehead atoms. The van der Waals surface area contributed by atoms with Crippen LogP contribution in [0.25, 0.3) is 10.8 Å². The molecule has 0 aliphatic carbocycles. The number of benzene rings is 3. The summed E-state index contributed by atoms with van der Waals surface area (Å²) in [5, 5.41) is 11.7. The maximum absolute atomic E-state index is 12.4. The monoisotopic (exact) mass is 380 g/mol. The van der Waals surface area contributed by atoms with Crippen LogP contribution in [0, 0.1) is 0 Å². The van der Waals surface area contributed by atoms with Crippen LogP contribution >= 0.6 is 0 Å². The van der Waals surface area contributed by atoms with Crippen LogP contribution in [0.5, 0.6) is 17.2 Å². The molecule has 0 spiro atoms. The molecule has 0 heterocycles. The van der Waals surface area contributed by atoms with Gasteiger partial charge in [-0.15, -0.1) is 0 Å². The number of methoxy groups -OCH3 is 1. The van der Waals surface area contributed by atoms with Gasteiger partial charge in [0.15, 0.2) is 11.5 Å². The summed E-state index contributed by atoms with van der Waals surface area (Å²) >= 11 is 0. The molecule has 3 aromatic rings. The van der Waals surface area contributed by atoms with E-state index in [1.165, 1.54) is 19.2 Å². The topological polar surface area (TPSA) is 96.9 Å². The summed E-state index contributed by atoms with van der Waals surface area (Å²) in [5.74, 6) is -0.405. The van der Waals surface area contributed by atoms with Gasteiger partial charge in [0.2, 0.25) is 0 Å². The number of amides is 2. The Balaban J connectivity index is 1.72.